The Bertz CT molecular complexity index is 3330. The topological polar surface area (TPSA) is 269 Å². The number of halogens is 4. The van der Waals surface area contributed by atoms with Crippen molar-refractivity contribution in [2.75, 3.05) is 34.5 Å². The molecular weight excluding hydrogens is 1180 g/mol. The highest BCUT2D eigenvalue weighted by Crippen LogP contribution is 2.36. The Hall–Kier alpha value is -7.40. The minimum Gasteiger partial charge on any atom is -0.452 e. The molecule has 452 valence electrons. The lowest BCUT2D eigenvalue weighted by Crippen LogP contribution is -2.28. The minimum atomic E-state index is -0.344. The van der Waals surface area contributed by atoms with Gasteiger partial charge >= 0.3 is 0 Å². The van der Waals surface area contributed by atoms with Crippen molar-refractivity contribution in [3.8, 4) is 46.0 Å². The van der Waals surface area contributed by atoms with E-state index in [0.29, 0.717) is 101 Å². The van der Waals surface area contributed by atoms with Crippen LogP contribution in [-0.2, 0) is 0 Å². The van der Waals surface area contributed by atoms with E-state index in [9.17, 15) is 20.4 Å². The molecule has 0 aliphatic heterocycles. The number of aliphatic hydroxyl groups is 4. The van der Waals surface area contributed by atoms with Crippen LogP contribution in [0.25, 0.3) is 0 Å². The summed E-state index contributed by atoms with van der Waals surface area (Å²) in [4.78, 5) is 33.0. The van der Waals surface area contributed by atoms with Gasteiger partial charge in [-0.1, -0.05) is 52.8 Å². The van der Waals surface area contributed by atoms with Crippen molar-refractivity contribution in [1.29, 1.82) is 0 Å². The first-order valence-corrected chi connectivity index (χ1v) is 30.0. The number of nitrogens with one attached hydrogen (secondary N) is 4. The van der Waals surface area contributed by atoms with Crippen LogP contribution in [0.1, 0.15) is 77.0 Å². The molecule has 8 N–H and O–H groups in total. The Morgan fingerprint density at radius 2 is 0.756 bits per heavy atom. The lowest BCUT2D eigenvalue weighted by atomic mass is 10.1. The van der Waals surface area contributed by atoms with Gasteiger partial charge in [0.15, 0.2) is 46.3 Å². The molecule has 24 heteroatoms. The second-order valence-electron chi connectivity index (χ2n) is 21.1. The average Bonchev–Trinajstić information content (AvgIpc) is 4.42. The molecule has 0 saturated heterocycles. The van der Waals surface area contributed by atoms with Crippen LogP contribution in [0, 0.1) is 11.8 Å². The van der Waals surface area contributed by atoms with E-state index < -0.39 is 0 Å². The first-order valence-electron chi connectivity index (χ1n) is 28.5. The molecule has 4 saturated carbocycles. The molecule has 4 aliphatic rings. The van der Waals surface area contributed by atoms with Gasteiger partial charge in [0, 0.05) is 57.3 Å². The molecule has 4 aromatic heterocycles. The van der Waals surface area contributed by atoms with Crippen LogP contribution in [0.15, 0.2) is 147 Å². The molecular formula is C62H68Cl4N12O8. The highest BCUT2D eigenvalue weighted by atomic mass is 35.5. The Morgan fingerprint density at radius 3 is 1.10 bits per heavy atom. The number of aliphatic hydroxyl groups excluding tert-OH is 4. The molecule has 0 unspecified atom stereocenters. The number of nitrogens with zero attached hydrogens (tertiary/aromatic N) is 8. The second kappa shape index (κ2) is 32.4. The summed E-state index contributed by atoms with van der Waals surface area (Å²) in [6.45, 7) is 0.437. The number of aromatic nitrogens is 8. The van der Waals surface area contributed by atoms with Crippen molar-refractivity contribution >= 4 is 69.7 Å². The lowest BCUT2D eigenvalue weighted by molar-refractivity contribution is 0.171. The van der Waals surface area contributed by atoms with Gasteiger partial charge in [0.05, 0.1) is 43.0 Å². The molecule has 0 bridgehead atoms. The summed E-state index contributed by atoms with van der Waals surface area (Å²) >= 11 is 23.5. The maximum atomic E-state index is 9.90. The van der Waals surface area contributed by atoms with Crippen molar-refractivity contribution in [3.05, 3.63) is 167 Å². The molecule has 20 nitrogen and oxygen atoms in total. The number of anilines is 4. The number of rotatable bonds is 18. The van der Waals surface area contributed by atoms with E-state index in [4.69, 9.17) is 65.4 Å². The van der Waals surface area contributed by atoms with Gasteiger partial charge in [-0.3, -0.25) is 0 Å². The van der Waals surface area contributed by atoms with Gasteiger partial charge in [0.1, 0.15) is 48.3 Å². The maximum absolute atomic E-state index is 9.90. The smallest absolute Gasteiger partial charge is 0.187 e. The number of ether oxygens (including phenoxy) is 4. The monoisotopic (exact) mass is 1250 g/mol. The fourth-order valence-electron chi connectivity index (χ4n) is 10.3. The van der Waals surface area contributed by atoms with E-state index in [1.807, 2.05) is 0 Å². The number of hydrogen-bond acceptors (Lipinski definition) is 20. The van der Waals surface area contributed by atoms with E-state index in [0.717, 1.165) is 77.0 Å². The van der Waals surface area contributed by atoms with Crippen molar-refractivity contribution in [3.63, 3.8) is 0 Å². The van der Waals surface area contributed by atoms with Crippen LogP contribution in [0.3, 0.4) is 0 Å². The molecule has 8 atom stereocenters. The quantitative estimate of drug-likeness (QED) is 0.0397. The van der Waals surface area contributed by atoms with Gasteiger partial charge < -0.3 is 60.6 Å². The highest BCUT2D eigenvalue weighted by Gasteiger charge is 2.29. The SMILES string of the molecule is OC[C@@H]1CCC[C@H]1Nc1ncncc1Oc1ccc(Cl)cc1.OC[C@H]1CC[C@H](Nc2ncncc2Oc2ccc(Cl)cc2)C1.O[C@@H]1CCC[C@H]1Nc1ncncc1Oc1ccc(Cl)cc1.O[C@H]1CC[C@H](Nc2ncncc2Oc2ccc(Cl)cc2)C1. The summed E-state index contributed by atoms with van der Waals surface area (Å²) in [6.07, 6.45) is 23.2. The third kappa shape index (κ3) is 19.3. The van der Waals surface area contributed by atoms with Gasteiger partial charge in [-0.05, 0) is 174 Å². The molecule has 4 aromatic carbocycles. The van der Waals surface area contributed by atoms with Crippen LogP contribution in [-0.4, -0.2) is 110 Å². The van der Waals surface area contributed by atoms with Gasteiger partial charge in [-0.25, -0.2) is 39.9 Å². The molecule has 0 radical (unpaired) electrons. The molecule has 4 aliphatic carbocycles. The van der Waals surface area contributed by atoms with Crippen LogP contribution in [0.4, 0.5) is 23.3 Å². The second-order valence-corrected chi connectivity index (χ2v) is 22.8. The van der Waals surface area contributed by atoms with E-state index in [1.54, 1.807) is 122 Å². The summed E-state index contributed by atoms with van der Waals surface area (Å²) in [7, 11) is 0. The molecule has 0 spiro atoms. The Morgan fingerprint density at radius 1 is 0.395 bits per heavy atom. The fraction of sp³-hybridized carbons (Fsp3) is 0.355. The Labute approximate surface area is 519 Å². The number of benzene rings is 4. The molecule has 86 heavy (non-hydrogen) atoms. The van der Waals surface area contributed by atoms with Crippen molar-refractivity contribution in [2.45, 2.75) is 113 Å². The van der Waals surface area contributed by atoms with Crippen molar-refractivity contribution < 1.29 is 39.4 Å². The first kappa shape index (κ1) is 63.1. The number of hydrogen-bond donors (Lipinski definition) is 8. The largest absolute Gasteiger partial charge is 0.452 e. The molecule has 0 amide bonds. The minimum absolute atomic E-state index is 0.00691. The van der Waals surface area contributed by atoms with Gasteiger partial charge in [-0.15, -0.1) is 0 Å². The average molecular weight is 1250 g/mol. The van der Waals surface area contributed by atoms with E-state index >= 15 is 0 Å². The summed E-state index contributed by atoms with van der Waals surface area (Å²) in [6, 6.07) is 29.2. The van der Waals surface area contributed by atoms with E-state index in [-0.39, 0.29) is 49.5 Å². The summed E-state index contributed by atoms with van der Waals surface area (Å²) in [5.41, 5.74) is 0. The van der Waals surface area contributed by atoms with Crippen LogP contribution in [0.2, 0.25) is 20.1 Å². The zero-order valence-electron chi connectivity index (χ0n) is 46.9. The molecule has 4 fully saturated rings. The Kier molecular flexibility index (Phi) is 23.8. The van der Waals surface area contributed by atoms with Crippen LogP contribution >= 0.6 is 46.4 Å². The standard InChI is InChI=1S/2C16H18ClN3O2.2C15H16ClN3O2/c17-12-2-5-14(6-3-12)22-15-8-18-10-19-16(15)20-13-4-1-11(7-13)9-21;17-12-4-6-13(7-5-12)22-15-8-18-10-19-16(15)20-14-3-1-2-11(14)9-21;16-10-1-5-13(6-2-10)21-14-8-17-9-18-15(14)19-11-3-4-12(20)7-11;16-10-4-6-11(7-5-10)21-14-8-17-9-18-15(14)19-12-2-1-3-13(12)20/h2-3,5-6,8,10-11,13,21H,1,4,7,9H2,(H,18,19,20);4-8,10-11,14,21H,1-3,9H2,(H,18,19,20);1-2,5-6,8-9,11-12,20H,3-4,7H2,(H,17,18,19);4-9,12-13,20H,1-3H2,(H,17,18,19)/t11-,13-;11-,14+;11-,12-;12-,13-/m0001/s1. The normalized spacial score (nSPS) is 21.0. The maximum Gasteiger partial charge on any atom is 0.187 e. The van der Waals surface area contributed by atoms with Gasteiger partial charge in [-0.2, -0.15) is 0 Å². The summed E-state index contributed by atoms with van der Waals surface area (Å²) in [5, 5.41) is 54.1. The molecule has 4 heterocycles. The van der Waals surface area contributed by atoms with E-state index in [1.165, 1.54) is 25.3 Å². The van der Waals surface area contributed by atoms with E-state index in [2.05, 4.69) is 61.1 Å². The first-order chi connectivity index (χ1) is 41.9. The molecule has 12 rings (SSSR count). The fourth-order valence-corrected chi connectivity index (χ4v) is 10.8. The predicted octanol–water partition coefficient (Wildman–Crippen LogP) is 13.5. The molecule has 8 aromatic rings. The summed E-state index contributed by atoms with van der Waals surface area (Å²) < 4.78 is 23.2. The van der Waals surface area contributed by atoms with Crippen LogP contribution in [0.5, 0.6) is 46.0 Å². The third-order valence-corrected chi connectivity index (χ3v) is 15.8. The van der Waals surface area contributed by atoms with Crippen molar-refractivity contribution in [2.24, 2.45) is 11.8 Å². The summed E-state index contributed by atoms with van der Waals surface area (Å²) in [5.74, 6) is 8.10. The van der Waals surface area contributed by atoms with Crippen LogP contribution < -0.4 is 40.2 Å². The highest BCUT2D eigenvalue weighted by molar-refractivity contribution is 6.31. The zero-order valence-corrected chi connectivity index (χ0v) is 49.9. The Balaban J connectivity index is 0.000000137. The van der Waals surface area contributed by atoms with Gasteiger partial charge in [0.25, 0.3) is 0 Å². The van der Waals surface area contributed by atoms with Crippen molar-refractivity contribution in [1.82, 2.24) is 39.9 Å². The lowest BCUT2D eigenvalue weighted by Gasteiger charge is -2.20. The zero-order chi connectivity index (χ0) is 60.0. The third-order valence-electron chi connectivity index (χ3n) is 14.8. The van der Waals surface area contributed by atoms with Gasteiger partial charge in [0.2, 0.25) is 0 Å². The predicted molar refractivity (Wildman–Crippen MR) is 332 cm³/mol.